The summed E-state index contributed by atoms with van der Waals surface area (Å²) in [4.78, 5) is 6.74. The van der Waals surface area contributed by atoms with Gasteiger partial charge >= 0.3 is 0 Å². The van der Waals surface area contributed by atoms with E-state index in [0.717, 1.165) is 50.8 Å². The maximum atomic E-state index is 5.54. The van der Waals surface area contributed by atoms with Crippen LogP contribution in [0, 0.1) is 6.92 Å². The molecular weight excluding hydrogens is 228 g/mol. The Hall–Kier alpha value is -1.07. The monoisotopic (exact) mass is 254 g/mol. The molecule has 1 rings (SSSR count). The fourth-order valence-corrected chi connectivity index (χ4v) is 1.91. The molecule has 0 aliphatic heterocycles. The van der Waals surface area contributed by atoms with Crippen LogP contribution in [-0.4, -0.2) is 42.9 Å². The molecule has 0 spiro atoms. The average molecular weight is 254 g/mol. The lowest BCUT2D eigenvalue weighted by Gasteiger charge is -2.19. The number of aryl methyl sites for hydroxylation is 2. The van der Waals surface area contributed by atoms with Crippen LogP contribution < -0.4 is 10.6 Å². The van der Waals surface area contributed by atoms with Gasteiger partial charge in [-0.3, -0.25) is 0 Å². The largest absolute Gasteiger partial charge is 0.382 e. The Labute approximate surface area is 110 Å². The van der Waals surface area contributed by atoms with E-state index < -0.39 is 0 Å². The molecule has 0 saturated carbocycles. The van der Waals surface area contributed by atoms with Gasteiger partial charge in [0.2, 0.25) is 5.95 Å². The molecule has 0 radical (unpaired) electrons. The van der Waals surface area contributed by atoms with Crippen molar-refractivity contribution in [2.45, 2.75) is 33.2 Å². The van der Waals surface area contributed by atoms with Crippen molar-refractivity contribution < 1.29 is 4.74 Å². The minimum absolute atomic E-state index is 0.717. The number of imidazole rings is 1. The average Bonchev–Trinajstić information content (AvgIpc) is 2.73. The summed E-state index contributed by atoms with van der Waals surface area (Å²) in [6.45, 7) is 8.24. The van der Waals surface area contributed by atoms with E-state index in [4.69, 9.17) is 10.5 Å². The molecule has 5 nitrogen and oxygen atoms in total. The van der Waals surface area contributed by atoms with Crippen LogP contribution in [0.4, 0.5) is 5.95 Å². The molecule has 0 aliphatic carbocycles. The van der Waals surface area contributed by atoms with E-state index in [9.17, 15) is 0 Å². The predicted octanol–water partition coefficient (Wildman–Crippen LogP) is 1.40. The zero-order chi connectivity index (χ0) is 13.4. The van der Waals surface area contributed by atoms with Crippen molar-refractivity contribution in [2.24, 2.45) is 5.73 Å². The first-order valence-electron chi connectivity index (χ1n) is 6.71. The molecule has 1 heterocycles. The fourth-order valence-electron chi connectivity index (χ4n) is 1.91. The highest BCUT2D eigenvalue weighted by Gasteiger charge is 2.09. The number of anilines is 1. The van der Waals surface area contributed by atoms with E-state index in [-0.39, 0.29) is 0 Å². The number of hydrogen-bond acceptors (Lipinski definition) is 4. The van der Waals surface area contributed by atoms with E-state index in [1.54, 1.807) is 0 Å². The Morgan fingerprint density at radius 2 is 2.22 bits per heavy atom. The van der Waals surface area contributed by atoms with Gasteiger partial charge in [-0.25, -0.2) is 4.98 Å². The highest BCUT2D eigenvalue weighted by molar-refractivity contribution is 5.31. The molecular formula is C13H26N4O. The van der Waals surface area contributed by atoms with Crippen LogP contribution in [0.25, 0.3) is 0 Å². The summed E-state index contributed by atoms with van der Waals surface area (Å²) in [6.07, 6.45) is 4.10. The molecule has 0 bridgehead atoms. The van der Waals surface area contributed by atoms with Crippen molar-refractivity contribution in [3.63, 3.8) is 0 Å². The van der Waals surface area contributed by atoms with Crippen LogP contribution in [0.2, 0.25) is 0 Å². The number of nitrogens with zero attached hydrogens (tertiary/aromatic N) is 3. The second-order valence-electron chi connectivity index (χ2n) is 4.49. The molecule has 0 fully saturated rings. The first-order valence-corrected chi connectivity index (χ1v) is 6.71. The lowest BCUT2D eigenvalue weighted by molar-refractivity contribution is 0.141. The van der Waals surface area contributed by atoms with Gasteiger partial charge in [0.25, 0.3) is 0 Å². The molecule has 0 unspecified atom stereocenters. The molecule has 0 aliphatic rings. The van der Waals surface area contributed by atoms with E-state index in [1.807, 2.05) is 13.8 Å². The number of nitrogens with two attached hydrogens (primary N) is 1. The second-order valence-corrected chi connectivity index (χ2v) is 4.49. The smallest absolute Gasteiger partial charge is 0.205 e. The van der Waals surface area contributed by atoms with Gasteiger partial charge in [0.15, 0.2) is 0 Å². The number of rotatable bonds is 9. The third-order valence-corrected chi connectivity index (χ3v) is 2.81. The van der Waals surface area contributed by atoms with Gasteiger partial charge in [-0.15, -0.1) is 0 Å². The van der Waals surface area contributed by atoms with Gasteiger partial charge in [0.05, 0.1) is 5.69 Å². The van der Waals surface area contributed by atoms with Gasteiger partial charge in [0.1, 0.15) is 0 Å². The van der Waals surface area contributed by atoms with E-state index in [0.29, 0.717) is 6.54 Å². The first kappa shape index (κ1) is 15.0. The summed E-state index contributed by atoms with van der Waals surface area (Å²) in [5.74, 6) is 1.03. The van der Waals surface area contributed by atoms with E-state index >= 15 is 0 Å². The summed E-state index contributed by atoms with van der Waals surface area (Å²) < 4.78 is 7.56. The topological polar surface area (TPSA) is 56.3 Å². The van der Waals surface area contributed by atoms with Gasteiger partial charge in [-0.1, -0.05) is 0 Å². The third kappa shape index (κ3) is 4.66. The van der Waals surface area contributed by atoms with Crippen LogP contribution in [0.15, 0.2) is 6.20 Å². The van der Waals surface area contributed by atoms with Crippen LogP contribution >= 0.6 is 0 Å². The van der Waals surface area contributed by atoms with Gasteiger partial charge < -0.3 is 19.9 Å². The Balaban J connectivity index is 2.55. The third-order valence-electron chi connectivity index (χ3n) is 2.81. The molecule has 2 N–H and O–H groups in total. The molecule has 0 saturated heterocycles. The standard InChI is InChI=1S/C13H26N4O/c1-4-18-10-6-9-17-11-12(2)15-13(17)16(3)8-5-7-14/h11H,4-10,14H2,1-3H3. The molecule has 0 atom stereocenters. The summed E-state index contributed by atoms with van der Waals surface area (Å²) in [6, 6.07) is 0. The van der Waals surface area contributed by atoms with Crippen LogP contribution in [0.3, 0.4) is 0 Å². The van der Waals surface area contributed by atoms with Crippen LogP contribution in [-0.2, 0) is 11.3 Å². The van der Waals surface area contributed by atoms with Crippen molar-refractivity contribution in [1.29, 1.82) is 0 Å². The minimum Gasteiger partial charge on any atom is -0.382 e. The SMILES string of the molecule is CCOCCCn1cc(C)nc1N(C)CCCN. The van der Waals surface area contributed by atoms with Crippen molar-refractivity contribution in [3.05, 3.63) is 11.9 Å². The van der Waals surface area contributed by atoms with Crippen molar-refractivity contribution in [2.75, 3.05) is 38.3 Å². The minimum atomic E-state index is 0.717. The fraction of sp³-hybridized carbons (Fsp3) is 0.769. The maximum Gasteiger partial charge on any atom is 0.205 e. The highest BCUT2D eigenvalue weighted by Crippen LogP contribution is 2.13. The Morgan fingerprint density at radius 1 is 1.44 bits per heavy atom. The quantitative estimate of drug-likeness (QED) is 0.677. The molecule has 0 aromatic carbocycles. The summed E-state index contributed by atoms with van der Waals surface area (Å²) in [7, 11) is 2.07. The Kier molecular flexibility index (Phi) is 6.75. The number of hydrogen-bond donors (Lipinski definition) is 1. The summed E-state index contributed by atoms with van der Waals surface area (Å²) in [5.41, 5.74) is 6.60. The first-order chi connectivity index (χ1) is 8.69. The second kappa shape index (κ2) is 8.11. The van der Waals surface area contributed by atoms with Gasteiger partial charge in [-0.2, -0.15) is 0 Å². The zero-order valence-corrected chi connectivity index (χ0v) is 11.9. The van der Waals surface area contributed by atoms with E-state index in [2.05, 4.69) is 27.7 Å². The van der Waals surface area contributed by atoms with Crippen LogP contribution in [0.5, 0.6) is 0 Å². The van der Waals surface area contributed by atoms with Crippen molar-refractivity contribution >= 4 is 5.95 Å². The van der Waals surface area contributed by atoms with Gasteiger partial charge in [-0.05, 0) is 33.2 Å². The predicted molar refractivity (Wildman–Crippen MR) is 75.0 cm³/mol. The Bertz CT molecular complexity index is 338. The lowest BCUT2D eigenvalue weighted by atomic mass is 10.4. The molecule has 18 heavy (non-hydrogen) atoms. The zero-order valence-electron chi connectivity index (χ0n) is 11.9. The van der Waals surface area contributed by atoms with Gasteiger partial charge in [0, 0.05) is 39.5 Å². The number of ether oxygens (including phenoxy) is 1. The van der Waals surface area contributed by atoms with E-state index in [1.165, 1.54) is 0 Å². The molecule has 1 aromatic rings. The number of aromatic nitrogens is 2. The molecule has 104 valence electrons. The maximum absolute atomic E-state index is 5.54. The Morgan fingerprint density at radius 3 is 2.89 bits per heavy atom. The van der Waals surface area contributed by atoms with Crippen molar-refractivity contribution in [3.8, 4) is 0 Å². The molecule has 5 heteroatoms. The highest BCUT2D eigenvalue weighted by atomic mass is 16.5. The summed E-state index contributed by atoms with van der Waals surface area (Å²) >= 11 is 0. The lowest BCUT2D eigenvalue weighted by Crippen LogP contribution is -2.24. The normalized spacial score (nSPS) is 10.9. The summed E-state index contributed by atoms with van der Waals surface area (Å²) in [5, 5.41) is 0. The van der Waals surface area contributed by atoms with Crippen molar-refractivity contribution in [1.82, 2.24) is 9.55 Å². The van der Waals surface area contributed by atoms with Crippen LogP contribution in [0.1, 0.15) is 25.5 Å². The molecule has 0 amide bonds. The molecule has 1 aromatic heterocycles.